The maximum absolute atomic E-state index is 2.55. The van der Waals surface area contributed by atoms with Crippen molar-refractivity contribution in [2.75, 3.05) is 0 Å². The summed E-state index contributed by atoms with van der Waals surface area (Å²) in [6, 6.07) is 25.1. The van der Waals surface area contributed by atoms with Crippen LogP contribution in [0.2, 0.25) is 0 Å². The minimum atomic E-state index is 0.0711. The number of fused-ring (bicyclic) bond motifs is 4. The first-order chi connectivity index (χ1) is 16.7. The molecule has 0 saturated carbocycles. The Morgan fingerprint density at radius 1 is 0.882 bits per heavy atom. The fraction of sp³-hybridized carbons (Fsp3) is 0.212. The van der Waals surface area contributed by atoms with Crippen molar-refractivity contribution in [1.29, 1.82) is 0 Å². The molecule has 0 saturated heterocycles. The molecule has 3 aliphatic rings. The topological polar surface area (TPSA) is 0 Å². The van der Waals surface area contributed by atoms with E-state index in [-0.39, 0.29) is 15.4 Å². The van der Waals surface area contributed by atoms with Gasteiger partial charge in [-0.1, -0.05) is 0 Å². The summed E-state index contributed by atoms with van der Waals surface area (Å²) in [6.07, 6.45) is 5.99. The molecule has 0 fully saturated rings. The number of allylic oxidation sites excluding steroid dienone is 2. The maximum atomic E-state index is 2.55. The van der Waals surface area contributed by atoms with Crippen LogP contribution in [0.3, 0.4) is 0 Å². The Morgan fingerprint density at radius 2 is 1.68 bits per heavy atom. The van der Waals surface area contributed by atoms with Crippen molar-refractivity contribution in [3.05, 3.63) is 116 Å². The third kappa shape index (κ3) is 2.85. The molecule has 2 radical (unpaired) electrons. The quantitative estimate of drug-likeness (QED) is 0.250. The third-order valence-electron chi connectivity index (χ3n) is 8.17. The zero-order chi connectivity index (χ0) is 23.0. The van der Waals surface area contributed by atoms with E-state index in [0.717, 1.165) is 12.8 Å². The van der Waals surface area contributed by atoms with Gasteiger partial charge >= 0.3 is 209 Å². The van der Waals surface area contributed by atoms with Crippen LogP contribution in [0.25, 0.3) is 32.4 Å². The summed E-state index contributed by atoms with van der Waals surface area (Å²) >= 11 is 0.0711. The van der Waals surface area contributed by atoms with E-state index in [1.165, 1.54) is 45.0 Å². The van der Waals surface area contributed by atoms with Crippen molar-refractivity contribution >= 4 is 36.7 Å². The Morgan fingerprint density at radius 3 is 2.53 bits per heavy atom. The van der Waals surface area contributed by atoms with Crippen LogP contribution in [0.1, 0.15) is 65.6 Å². The molecule has 4 aromatic carbocycles. The Bertz CT molecular complexity index is 1570. The summed E-state index contributed by atoms with van der Waals surface area (Å²) in [4.78, 5) is 0. The van der Waals surface area contributed by atoms with Gasteiger partial charge in [0.1, 0.15) is 0 Å². The van der Waals surface area contributed by atoms with Gasteiger partial charge in [0.15, 0.2) is 0 Å². The van der Waals surface area contributed by atoms with E-state index in [0.29, 0.717) is 5.92 Å². The molecule has 34 heavy (non-hydrogen) atoms. The molecule has 0 amide bonds. The predicted molar refractivity (Wildman–Crippen MR) is 146 cm³/mol. The summed E-state index contributed by atoms with van der Waals surface area (Å²) in [5.74, 6) is 0.388. The van der Waals surface area contributed by atoms with Crippen LogP contribution in [-0.4, -0.2) is 15.4 Å². The van der Waals surface area contributed by atoms with Gasteiger partial charge in [-0.3, -0.25) is 0 Å². The molecule has 2 aliphatic carbocycles. The molecule has 4 aromatic rings. The van der Waals surface area contributed by atoms with Gasteiger partial charge in [-0.05, 0) is 0 Å². The molecule has 164 valence electrons. The molecule has 0 nitrogen and oxygen atoms in total. The van der Waals surface area contributed by atoms with Crippen molar-refractivity contribution in [2.24, 2.45) is 0 Å². The Balaban J connectivity index is 1.48. The normalized spacial score (nSPS) is 17.6. The molecule has 0 bridgehead atoms. The van der Waals surface area contributed by atoms with E-state index in [1.807, 2.05) is 4.41 Å². The van der Waals surface area contributed by atoms with E-state index in [2.05, 4.69) is 93.6 Å². The van der Waals surface area contributed by atoms with Gasteiger partial charge in [0.2, 0.25) is 0 Å². The Labute approximate surface area is 208 Å². The van der Waals surface area contributed by atoms with E-state index in [4.69, 9.17) is 0 Å². The Kier molecular flexibility index (Phi) is 4.58. The average molecular weight is 497 g/mol. The van der Waals surface area contributed by atoms with Crippen LogP contribution >= 0.6 is 0 Å². The molecule has 1 atom stereocenters. The van der Waals surface area contributed by atoms with Crippen molar-refractivity contribution in [3.8, 4) is 11.1 Å². The number of benzene rings is 4. The van der Waals surface area contributed by atoms with Crippen molar-refractivity contribution in [1.82, 2.24) is 0 Å². The first kappa shape index (κ1) is 20.5. The van der Waals surface area contributed by atoms with E-state index >= 15 is 0 Å². The first-order valence-electron chi connectivity index (χ1n) is 12.7. The third-order valence-corrected chi connectivity index (χ3v) is 10.9. The minimum absolute atomic E-state index is 0.0711. The molecule has 1 heteroatoms. The van der Waals surface area contributed by atoms with E-state index in [1.54, 1.807) is 32.2 Å². The summed E-state index contributed by atoms with van der Waals surface area (Å²) in [5.41, 5.74) is 15.3. The van der Waals surface area contributed by atoms with Crippen LogP contribution < -0.4 is 0 Å². The number of aryl methyl sites for hydroxylation is 1. The van der Waals surface area contributed by atoms with Gasteiger partial charge in [-0.2, -0.15) is 0 Å². The molecule has 1 aliphatic heterocycles. The Hall–Kier alpha value is -2.84. The molecule has 1 heterocycles. The summed E-state index contributed by atoms with van der Waals surface area (Å²) in [6.45, 7) is 7.06. The first-order valence-corrected chi connectivity index (χ1v) is 14.8. The average Bonchev–Trinajstić information content (AvgIpc) is 3.41. The van der Waals surface area contributed by atoms with Crippen molar-refractivity contribution < 1.29 is 0 Å². The fourth-order valence-electron chi connectivity index (χ4n) is 6.64. The van der Waals surface area contributed by atoms with Gasteiger partial charge < -0.3 is 0 Å². The molecule has 0 aromatic heterocycles. The van der Waals surface area contributed by atoms with E-state index in [9.17, 15) is 0 Å². The molecule has 7 rings (SSSR count). The zero-order valence-corrected chi connectivity index (χ0v) is 22.2. The molecule has 0 spiro atoms. The molecular weight excluding hydrogens is 469 g/mol. The van der Waals surface area contributed by atoms with Gasteiger partial charge in [-0.25, -0.2) is 0 Å². The molecular formula is C33H28Ge. The summed E-state index contributed by atoms with van der Waals surface area (Å²) in [5, 5.41) is 2.65. The van der Waals surface area contributed by atoms with Gasteiger partial charge in [-0.15, -0.1) is 0 Å². The van der Waals surface area contributed by atoms with E-state index < -0.39 is 0 Å². The standard InChI is InChI=1S/C33H28Ge/c1-4-20-17-22-18-29-33(34-29)31(22)32(23(20)5-2)30-19(3)16-28-26(14-9-15-27(28)30)25-13-8-11-21-10-6-7-12-24(21)25/h6-17,30H,4-5,18H2,1-3H3. The number of hydrogen-bond acceptors (Lipinski definition) is 0. The monoisotopic (exact) mass is 498 g/mol. The fourth-order valence-corrected chi connectivity index (χ4v) is 9.06. The zero-order valence-electron chi connectivity index (χ0n) is 20.1. The van der Waals surface area contributed by atoms with Crippen molar-refractivity contribution in [2.45, 2.75) is 46.0 Å². The molecule has 0 N–H and O–H groups in total. The predicted octanol–water partition coefficient (Wildman–Crippen LogP) is 8.12. The van der Waals surface area contributed by atoms with Gasteiger partial charge in [0.05, 0.1) is 0 Å². The van der Waals surface area contributed by atoms with Gasteiger partial charge in [0.25, 0.3) is 0 Å². The molecule has 1 unspecified atom stereocenters. The van der Waals surface area contributed by atoms with Crippen molar-refractivity contribution in [3.63, 3.8) is 0 Å². The second-order valence-electron chi connectivity index (χ2n) is 9.98. The second kappa shape index (κ2) is 7.58. The SMILES string of the molecule is CCc1cc2c(c(C3C(C)=Cc4c(-c5cccc6ccccc56)cccc43)c1CC)[C]1=[C](C2)[Ge]1. The summed E-state index contributed by atoms with van der Waals surface area (Å²) in [7, 11) is 0. The van der Waals surface area contributed by atoms with Crippen LogP contribution in [0.4, 0.5) is 0 Å². The van der Waals surface area contributed by atoms with Crippen LogP contribution in [0.5, 0.6) is 0 Å². The van der Waals surface area contributed by atoms with Gasteiger partial charge in [0, 0.05) is 0 Å². The number of rotatable bonds is 4. The second-order valence-corrected chi connectivity index (χ2v) is 12.8. The number of hydrogen-bond donors (Lipinski definition) is 0. The van der Waals surface area contributed by atoms with Crippen LogP contribution in [-0.2, 0) is 19.3 Å². The summed E-state index contributed by atoms with van der Waals surface area (Å²) < 4.78 is 3.60. The van der Waals surface area contributed by atoms with Crippen LogP contribution in [0, 0.1) is 0 Å². The van der Waals surface area contributed by atoms with Crippen LogP contribution in [0.15, 0.2) is 76.7 Å².